The smallest absolute Gasteiger partial charge is 0.0342 e. The molecule has 0 amide bonds. The van der Waals surface area contributed by atoms with Gasteiger partial charge in [-0.15, -0.1) is 0 Å². The molecule has 0 heteroatoms. The fourth-order valence-corrected chi connectivity index (χ4v) is 2.08. The Kier molecular flexibility index (Phi) is 4.13. The van der Waals surface area contributed by atoms with E-state index < -0.39 is 0 Å². The second-order valence-electron chi connectivity index (χ2n) is 5.01. The first-order chi connectivity index (χ1) is 4.89. The third-order valence-electron chi connectivity index (χ3n) is 2.52. The summed E-state index contributed by atoms with van der Waals surface area (Å²) in [5, 5.41) is 0. The van der Waals surface area contributed by atoms with Gasteiger partial charge in [-0.1, -0.05) is 48.0 Å². The van der Waals surface area contributed by atoms with Crippen molar-refractivity contribution in [1.82, 2.24) is 0 Å². The van der Waals surface area contributed by atoms with E-state index in [1.807, 2.05) is 0 Å². The molecule has 0 bridgehead atoms. The minimum absolute atomic E-state index is 0.490. The molecule has 0 aromatic carbocycles. The molecule has 0 heterocycles. The molecule has 0 N–H and O–H groups in total. The van der Waals surface area contributed by atoms with Gasteiger partial charge in [-0.2, -0.15) is 0 Å². The predicted molar refractivity (Wildman–Crippen MR) is 52.7 cm³/mol. The molecule has 0 radical (unpaired) electrons. The molecule has 0 fully saturated rings. The van der Waals surface area contributed by atoms with Crippen LogP contribution in [0.1, 0.15) is 54.4 Å². The molecule has 0 saturated heterocycles. The number of hydrogen-bond donors (Lipinski definition) is 0. The lowest BCUT2D eigenvalue weighted by atomic mass is 9.72. The van der Waals surface area contributed by atoms with Gasteiger partial charge >= 0.3 is 0 Å². The summed E-state index contributed by atoms with van der Waals surface area (Å²) in [6.45, 7) is 14.0. The van der Waals surface area contributed by atoms with Crippen LogP contribution in [-0.4, -0.2) is 0 Å². The Bertz CT molecular complexity index is 95.1. The Hall–Kier alpha value is 0. The minimum atomic E-state index is 0.490. The fourth-order valence-electron chi connectivity index (χ4n) is 2.08. The molecule has 0 aliphatic heterocycles. The molecule has 0 nitrogen and oxygen atoms in total. The summed E-state index contributed by atoms with van der Waals surface area (Å²) >= 11 is 0. The van der Waals surface area contributed by atoms with Crippen LogP contribution in [-0.2, 0) is 0 Å². The van der Waals surface area contributed by atoms with Crippen molar-refractivity contribution < 1.29 is 0 Å². The second kappa shape index (κ2) is 4.13. The van der Waals surface area contributed by atoms with Crippen LogP contribution in [0.2, 0.25) is 0 Å². The Morgan fingerprint density at radius 1 is 1.09 bits per heavy atom. The van der Waals surface area contributed by atoms with E-state index >= 15 is 0 Å². The van der Waals surface area contributed by atoms with Crippen LogP contribution >= 0.6 is 0 Å². The van der Waals surface area contributed by atoms with Crippen LogP contribution in [0.25, 0.3) is 0 Å². The zero-order valence-electron chi connectivity index (χ0n) is 9.07. The summed E-state index contributed by atoms with van der Waals surface area (Å²) in [6, 6.07) is 0. The molecule has 1 unspecified atom stereocenters. The maximum Gasteiger partial charge on any atom is -0.0342 e. The van der Waals surface area contributed by atoms with Gasteiger partial charge in [0.15, 0.2) is 0 Å². The van der Waals surface area contributed by atoms with E-state index in [4.69, 9.17) is 0 Å². The van der Waals surface area contributed by atoms with E-state index in [9.17, 15) is 0 Å². The molecule has 0 aromatic heterocycles. The summed E-state index contributed by atoms with van der Waals surface area (Å²) in [5.41, 5.74) is 0.490. The first-order valence-electron chi connectivity index (χ1n) is 4.89. The van der Waals surface area contributed by atoms with E-state index in [0.717, 1.165) is 11.8 Å². The molecule has 68 valence electrons. The van der Waals surface area contributed by atoms with Gasteiger partial charge in [-0.25, -0.2) is 0 Å². The molecule has 0 rings (SSSR count). The van der Waals surface area contributed by atoms with Gasteiger partial charge in [-0.3, -0.25) is 0 Å². The van der Waals surface area contributed by atoms with Crippen molar-refractivity contribution >= 4 is 0 Å². The molecular weight excluding hydrogens is 132 g/mol. The highest BCUT2D eigenvalue weighted by Crippen LogP contribution is 2.35. The molecule has 0 aromatic rings. The van der Waals surface area contributed by atoms with Crippen molar-refractivity contribution in [2.24, 2.45) is 17.3 Å². The number of hydrogen-bond acceptors (Lipinski definition) is 0. The highest BCUT2D eigenvalue weighted by atomic mass is 14.3. The van der Waals surface area contributed by atoms with E-state index in [1.54, 1.807) is 0 Å². The standard InChI is InChI=1S/C11H24/c1-7-8-10(9(2)3)11(4,5)6/h9-10H,7-8H2,1-6H3. The third-order valence-corrected chi connectivity index (χ3v) is 2.52. The minimum Gasteiger partial charge on any atom is -0.0654 e. The van der Waals surface area contributed by atoms with Gasteiger partial charge < -0.3 is 0 Å². The second-order valence-corrected chi connectivity index (χ2v) is 5.01. The lowest BCUT2D eigenvalue weighted by Gasteiger charge is -2.33. The van der Waals surface area contributed by atoms with Crippen LogP contribution in [0.4, 0.5) is 0 Å². The summed E-state index contributed by atoms with van der Waals surface area (Å²) in [7, 11) is 0. The summed E-state index contributed by atoms with van der Waals surface area (Å²) < 4.78 is 0. The van der Waals surface area contributed by atoms with Gasteiger partial charge in [0.25, 0.3) is 0 Å². The van der Waals surface area contributed by atoms with Gasteiger partial charge in [0.05, 0.1) is 0 Å². The maximum absolute atomic E-state index is 2.35. The summed E-state index contributed by atoms with van der Waals surface area (Å²) in [5.74, 6) is 1.71. The van der Waals surface area contributed by atoms with Crippen LogP contribution in [0.3, 0.4) is 0 Å². The first kappa shape index (κ1) is 11.0. The SMILES string of the molecule is CCCC(C(C)C)C(C)(C)C. The first-order valence-corrected chi connectivity index (χ1v) is 4.89. The highest BCUT2D eigenvalue weighted by Gasteiger charge is 2.25. The van der Waals surface area contributed by atoms with Gasteiger partial charge in [0, 0.05) is 0 Å². The molecule has 0 aliphatic rings. The topological polar surface area (TPSA) is 0 Å². The maximum atomic E-state index is 2.35. The van der Waals surface area contributed by atoms with Gasteiger partial charge in [0.2, 0.25) is 0 Å². The summed E-state index contributed by atoms with van der Waals surface area (Å²) in [6.07, 6.45) is 2.70. The quantitative estimate of drug-likeness (QED) is 0.577. The Labute approximate surface area is 72.4 Å². The zero-order valence-corrected chi connectivity index (χ0v) is 9.07. The zero-order chi connectivity index (χ0) is 9.07. The third kappa shape index (κ3) is 3.79. The van der Waals surface area contributed by atoms with Crippen molar-refractivity contribution in [2.45, 2.75) is 54.4 Å². The molecular formula is C11H24. The van der Waals surface area contributed by atoms with Gasteiger partial charge in [0.1, 0.15) is 0 Å². The molecule has 11 heavy (non-hydrogen) atoms. The van der Waals surface area contributed by atoms with Crippen molar-refractivity contribution in [3.8, 4) is 0 Å². The normalized spacial score (nSPS) is 15.5. The van der Waals surface area contributed by atoms with E-state index in [1.165, 1.54) is 12.8 Å². The molecule has 0 spiro atoms. The molecule has 0 saturated carbocycles. The Morgan fingerprint density at radius 3 is 1.64 bits per heavy atom. The van der Waals surface area contributed by atoms with Crippen molar-refractivity contribution in [2.75, 3.05) is 0 Å². The Balaban J connectivity index is 4.10. The number of rotatable bonds is 3. The monoisotopic (exact) mass is 156 g/mol. The average Bonchev–Trinajstić information content (AvgIpc) is 1.79. The Morgan fingerprint density at radius 2 is 1.55 bits per heavy atom. The van der Waals surface area contributed by atoms with E-state index in [2.05, 4.69) is 41.5 Å². The average molecular weight is 156 g/mol. The molecule has 0 aliphatic carbocycles. The van der Waals surface area contributed by atoms with E-state index in [0.29, 0.717) is 5.41 Å². The van der Waals surface area contributed by atoms with Crippen LogP contribution in [0.15, 0.2) is 0 Å². The summed E-state index contributed by atoms with van der Waals surface area (Å²) in [4.78, 5) is 0. The van der Waals surface area contributed by atoms with Crippen LogP contribution < -0.4 is 0 Å². The van der Waals surface area contributed by atoms with E-state index in [-0.39, 0.29) is 0 Å². The lowest BCUT2D eigenvalue weighted by molar-refractivity contribution is 0.165. The predicted octanol–water partition coefficient (Wildman–Crippen LogP) is 4.10. The lowest BCUT2D eigenvalue weighted by Crippen LogP contribution is -2.25. The van der Waals surface area contributed by atoms with Crippen molar-refractivity contribution in [3.63, 3.8) is 0 Å². The van der Waals surface area contributed by atoms with Crippen LogP contribution in [0, 0.1) is 17.3 Å². The van der Waals surface area contributed by atoms with Crippen molar-refractivity contribution in [1.29, 1.82) is 0 Å². The highest BCUT2D eigenvalue weighted by molar-refractivity contribution is 4.75. The molecule has 1 atom stereocenters. The van der Waals surface area contributed by atoms with Gasteiger partial charge in [-0.05, 0) is 23.7 Å². The van der Waals surface area contributed by atoms with Crippen LogP contribution in [0.5, 0.6) is 0 Å². The van der Waals surface area contributed by atoms with Crippen molar-refractivity contribution in [3.05, 3.63) is 0 Å². The largest absolute Gasteiger partial charge is 0.0654 e. The fraction of sp³-hybridized carbons (Fsp3) is 1.00.